The van der Waals surface area contributed by atoms with Crippen molar-refractivity contribution in [3.8, 4) is 12.3 Å². The van der Waals surface area contributed by atoms with Crippen LogP contribution in [0.15, 0.2) is 35.3 Å². The Kier molecular flexibility index (Phi) is 2.89. The smallest absolute Gasteiger partial charge is 0.286 e. The highest BCUT2D eigenvalue weighted by Gasteiger charge is 2.13. The Morgan fingerprint density at radius 3 is 2.80 bits per heavy atom. The number of terminal acetylenes is 1. The summed E-state index contributed by atoms with van der Waals surface area (Å²) < 4.78 is 5.25. The molecular formula is C12H12N2O. The monoisotopic (exact) mass is 200 g/mol. The van der Waals surface area contributed by atoms with Crippen LogP contribution in [0.2, 0.25) is 0 Å². The van der Waals surface area contributed by atoms with E-state index in [2.05, 4.69) is 16.2 Å². The molecule has 15 heavy (non-hydrogen) atoms. The van der Waals surface area contributed by atoms with E-state index in [1.54, 1.807) is 0 Å². The van der Waals surface area contributed by atoms with E-state index in [0.29, 0.717) is 19.2 Å². The molecule has 1 aliphatic heterocycles. The maximum Gasteiger partial charge on any atom is 0.286 e. The van der Waals surface area contributed by atoms with Crippen molar-refractivity contribution in [2.24, 2.45) is 4.99 Å². The zero-order valence-electron chi connectivity index (χ0n) is 8.31. The first-order valence-corrected chi connectivity index (χ1v) is 4.85. The second-order valence-corrected chi connectivity index (χ2v) is 3.19. The highest BCUT2D eigenvalue weighted by Crippen LogP contribution is 2.11. The van der Waals surface area contributed by atoms with Gasteiger partial charge in [0.1, 0.15) is 12.6 Å². The average molecular weight is 200 g/mol. The van der Waals surface area contributed by atoms with Crippen molar-refractivity contribution < 1.29 is 4.74 Å². The third-order valence-electron chi connectivity index (χ3n) is 2.15. The summed E-state index contributed by atoms with van der Waals surface area (Å²) in [5.74, 6) is 2.67. The van der Waals surface area contributed by atoms with Gasteiger partial charge in [0.25, 0.3) is 6.02 Å². The molecule has 0 aliphatic carbocycles. The van der Waals surface area contributed by atoms with Crippen LogP contribution in [-0.4, -0.2) is 19.2 Å². The molecule has 0 saturated heterocycles. The van der Waals surface area contributed by atoms with Gasteiger partial charge in [-0.2, -0.15) is 0 Å². The van der Waals surface area contributed by atoms with E-state index in [4.69, 9.17) is 11.2 Å². The summed E-state index contributed by atoms with van der Waals surface area (Å²) in [5, 5.41) is 3.07. The molecule has 1 aromatic rings. The number of benzene rings is 1. The second-order valence-electron chi connectivity index (χ2n) is 3.19. The molecule has 2 rings (SSSR count). The largest absolute Gasteiger partial charge is 0.463 e. The van der Waals surface area contributed by atoms with E-state index in [1.807, 2.05) is 30.3 Å². The standard InChI is InChI=1S/C12H12N2O/c1-2-11(10-6-4-3-5-7-10)14-12-13-8-9-15-12/h1,3-7,11H,8-9H2,(H,13,14)/t11-/m1/s1. The third-order valence-corrected chi connectivity index (χ3v) is 2.15. The molecule has 0 bridgehead atoms. The van der Waals surface area contributed by atoms with E-state index in [-0.39, 0.29) is 6.04 Å². The van der Waals surface area contributed by atoms with Gasteiger partial charge >= 0.3 is 0 Å². The average Bonchev–Trinajstić information content (AvgIpc) is 2.80. The van der Waals surface area contributed by atoms with Crippen LogP contribution in [0.4, 0.5) is 0 Å². The van der Waals surface area contributed by atoms with Gasteiger partial charge in [0.15, 0.2) is 0 Å². The van der Waals surface area contributed by atoms with Gasteiger partial charge < -0.3 is 10.1 Å². The highest BCUT2D eigenvalue weighted by atomic mass is 16.5. The van der Waals surface area contributed by atoms with Gasteiger partial charge in [-0.25, -0.2) is 4.99 Å². The first-order chi connectivity index (χ1) is 7.40. The Balaban J connectivity index is 2.08. The van der Waals surface area contributed by atoms with E-state index >= 15 is 0 Å². The maximum absolute atomic E-state index is 5.46. The summed E-state index contributed by atoms with van der Waals surface area (Å²) in [6, 6.07) is 10.2. The predicted octanol–water partition coefficient (Wildman–Crippen LogP) is 1.34. The molecule has 3 heteroatoms. The van der Waals surface area contributed by atoms with Gasteiger partial charge in [0, 0.05) is 0 Å². The van der Waals surface area contributed by atoms with E-state index in [1.165, 1.54) is 0 Å². The molecule has 1 heterocycles. The molecular weight excluding hydrogens is 188 g/mol. The van der Waals surface area contributed by atoms with Crippen LogP contribution >= 0.6 is 0 Å². The summed E-state index contributed by atoms with van der Waals surface area (Å²) >= 11 is 0. The fourth-order valence-corrected chi connectivity index (χ4v) is 1.41. The SMILES string of the molecule is C#C[C@@H](NC1=NCCO1)c1ccccc1. The maximum atomic E-state index is 5.46. The van der Waals surface area contributed by atoms with Gasteiger partial charge in [0.2, 0.25) is 0 Å². The summed E-state index contributed by atoms with van der Waals surface area (Å²) in [7, 11) is 0. The highest BCUT2D eigenvalue weighted by molar-refractivity contribution is 5.75. The molecule has 3 nitrogen and oxygen atoms in total. The molecule has 0 amide bonds. The summed E-state index contributed by atoms with van der Waals surface area (Å²) in [5.41, 5.74) is 1.04. The van der Waals surface area contributed by atoms with Crippen molar-refractivity contribution in [1.29, 1.82) is 0 Å². The quantitative estimate of drug-likeness (QED) is 0.731. The molecule has 1 aliphatic rings. The lowest BCUT2D eigenvalue weighted by Gasteiger charge is -2.13. The van der Waals surface area contributed by atoms with Crippen molar-refractivity contribution >= 4 is 6.02 Å². The Hall–Kier alpha value is -1.95. The Morgan fingerprint density at radius 2 is 2.20 bits per heavy atom. The fraction of sp³-hybridized carbons (Fsp3) is 0.250. The Bertz CT molecular complexity index is 392. The molecule has 0 aromatic heterocycles. The van der Waals surface area contributed by atoms with Crippen LogP contribution in [0, 0.1) is 12.3 Å². The Morgan fingerprint density at radius 1 is 1.40 bits per heavy atom. The lowest BCUT2D eigenvalue weighted by atomic mass is 10.1. The van der Waals surface area contributed by atoms with Crippen molar-refractivity contribution in [3.05, 3.63) is 35.9 Å². The van der Waals surface area contributed by atoms with Gasteiger partial charge in [-0.15, -0.1) is 6.42 Å². The lowest BCUT2D eigenvalue weighted by Crippen LogP contribution is -2.27. The van der Waals surface area contributed by atoms with Gasteiger partial charge in [-0.3, -0.25) is 0 Å². The fourth-order valence-electron chi connectivity index (χ4n) is 1.41. The zero-order chi connectivity index (χ0) is 10.5. The first kappa shape index (κ1) is 9.60. The molecule has 0 spiro atoms. The van der Waals surface area contributed by atoms with Crippen LogP contribution in [0.5, 0.6) is 0 Å². The number of hydrogen-bond donors (Lipinski definition) is 1. The molecule has 0 unspecified atom stereocenters. The topological polar surface area (TPSA) is 33.6 Å². The molecule has 0 radical (unpaired) electrons. The van der Waals surface area contributed by atoms with Crippen LogP contribution in [0.3, 0.4) is 0 Å². The van der Waals surface area contributed by atoms with Crippen LogP contribution < -0.4 is 5.32 Å². The summed E-state index contributed by atoms with van der Waals surface area (Å²) in [6.45, 7) is 1.34. The molecule has 0 saturated carbocycles. The minimum absolute atomic E-state index is 0.178. The first-order valence-electron chi connectivity index (χ1n) is 4.85. The van der Waals surface area contributed by atoms with Crippen molar-refractivity contribution in [2.45, 2.75) is 6.04 Å². The summed E-state index contributed by atoms with van der Waals surface area (Å²) in [4.78, 5) is 4.14. The number of rotatable bonds is 2. The van der Waals surface area contributed by atoms with Crippen LogP contribution in [-0.2, 0) is 4.74 Å². The second kappa shape index (κ2) is 4.52. The molecule has 1 atom stereocenters. The Labute approximate surface area is 89.2 Å². The van der Waals surface area contributed by atoms with Crippen molar-refractivity contribution in [3.63, 3.8) is 0 Å². The number of nitrogens with one attached hydrogen (secondary N) is 1. The molecule has 1 aromatic carbocycles. The van der Waals surface area contributed by atoms with E-state index < -0.39 is 0 Å². The molecule has 76 valence electrons. The predicted molar refractivity (Wildman–Crippen MR) is 59.4 cm³/mol. The van der Waals surface area contributed by atoms with E-state index in [0.717, 1.165) is 5.56 Å². The lowest BCUT2D eigenvalue weighted by molar-refractivity contribution is 0.329. The minimum Gasteiger partial charge on any atom is -0.463 e. The van der Waals surface area contributed by atoms with E-state index in [9.17, 15) is 0 Å². The minimum atomic E-state index is -0.178. The van der Waals surface area contributed by atoms with Crippen LogP contribution in [0.25, 0.3) is 0 Å². The molecule has 1 N–H and O–H groups in total. The number of ether oxygens (including phenoxy) is 1. The van der Waals surface area contributed by atoms with Gasteiger partial charge in [0.05, 0.1) is 6.54 Å². The van der Waals surface area contributed by atoms with Gasteiger partial charge in [-0.05, 0) is 5.56 Å². The van der Waals surface area contributed by atoms with Gasteiger partial charge in [-0.1, -0.05) is 36.3 Å². The number of amidine groups is 1. The number of aliphatic imine (C=N–C) groups is 1. The summed E-state index contributed by atoms with van der Waals surface area (Å²) in [6.07, 6.45) is 5.46. The number of hydrogen-bond acceptors (Lipinski definition) is 3. The van der Waals surface area contributed by atoms with Crippen molar-refractivity contribution in [1.82, 2.24) is 5.32 Å². The molecule has 0 fully saturated rings. The number of nitrogens with zero attached hydrogens (tertiary/aromatic N) is 1. The normalized spacial score (nSPS) is 16.1. The van der Waals surface area contributed by atoms with Crippen molar-refractivity contribution in [2.75, 3.05) is 13.2 Å². The third kappa shape index (κ3) is 2.29. The van der Waals surface area contributed by atoms with Crippen LogP contribution in [0.1, 0.15) is 11.6 Å². The zero-order valence-corrected chi connectivity index (χ0v) is 8.31.